The van der Waals surface area contributed by atoms with Crippen molar-refractivity contribution in [2.75, 3.05) is 0 Å². The summed E-state index contributed by atoms with van der Waals surface area (Å²) in [6, 6.07) is 13.8. The molecular weight excluding hydrogens is 246 g/mol. The van der Waals surface area contributed by atoms with Crippen LogP contribution in [0.25, 0.3) is 16.3 Å². The maximum absolute atomic E-state index is 9.37. The summed E-state index contributed by atoms with van der Waals surface area (Å²) in [7, 11) is 0. The quantitative estimate of drug-likeness (QED) is 0.784. The third-order valence-corrected chi connectivity index (χ3v) is 3.52. The number of hydrogen-bond acceptors (Lipinski definition) is 4. The van der Waals surface area contributed by atoms with Crippen molar-refractivity contribution in [3.63, 3.8) is 0 Å². The Balaban J connectivity index is 2.20. The molecule has 4 nitrogen and oxygen atoms in total. The van der Waals surface area contributed by atoms with Gasteiger partial charge >= 0.3 is 0 Å². The summed E-state index contributed by atoms with van der Waals surface area (Å²) in [4.78, 5) is 1.05. The van der Waals surface area contributed by atoms with Crippen molar-refractivity contribution < 1.29 is 5.11 Å². The Morgan fingerprint density at radius 1 is 1.11 bits per heavy atom. The van der Waals surface area contributed by atoms with Crippen molar-refractivity contribution >= 4 is 11.3 Å². The first-order valence-electron chi connectivity index (χ1n) is 5.55. The van der Waals surface area contributed by atoms with E-state index in [0.717, 1.165) is 16.3 Å². The lowest BCUT2D eigenvalue weighted by Crippen LogP contribution is -1.98. The van der Waals surface area contributed by atoms with Gasteiger partial charge in [0.25, 0.3) is 0 Å². The van der Waals surface area contributed by atoms with Gasteiger partial charge < -0.3 is 5.11 Å². The van der Waals surface area contributed by atoms with Gasteiger partial charge in [0.05, 0.1) is 17.2 Å². The van der Waals surface area contributed by atoms with Crippen molar-refractivity contribution in [1.29, 1.82) is 0 Å². The Labute approximate surface area is 108 Å². The molecule has 0 aliphatic heterocycles. The van der Waals surface area contributed by atoms with E-state index in [0.29, 0.717) is 5.69 Å². The van der Waals surface area contributed by atoms with Gasteiger partial charge in [-0.05, 0) is 23.6 Å². The van der Waals surface area contributed by atoms with Crippen LogP contribution < -0.4 is 0 Å². The minimum atomic E-state index is -0.111. The molecule has 1 N–H and O–H groups in total. The fourth-order valence-corrected chi connectivity index (χ4v) is 2.61. The Bertz CT molecular complexity index is 632. The summed E-state index contributed by atoms with van der Waals surface area (Å²) >= 11 is 1.61. The first-order chi connectivity index (χ1) is 8.90. The van der Waals surface area contributed by atoms with E-state index in [-0.39, 0.29) is 6.61 Å². The van der Waals surface area contributed by atoms with E-state index in [4.69, 9.17) is 0 Å². The monoisotopic (exact) mass is 257 g/mol. The highest BCUT2D eigenvalue weighted by atomic mass is 32.1. The lowest BCUT2D eigenvalue weighted by Gasteiger charge is -2.05. The first-order valence-corrected chi connectivity index (χ1v) is 6.43. The average molecular weight is 257 g/mol. The summed E-state index contributed by atoms with van der Waals surface area (Å²) in [5.41, 5.74) is 2.40. The molecule has 2 heterocycles. The summed E-state index contributed by atoms with van der Waals surface area (Å²) in [5.74, 6) is 0. The topological polar surface area (TPSA) is 50.9 Å². The van der Waals surface area contributed by atoms with E-state index >= 15 is 0 Å². The molecule has 0 spiro atoms. The van der Waals surface area contributed by atoms with Crippen molar-refractivity contribution in [1.82, 2.24) is 15.0 Å². The molecule has 5 heteroatoms. The van der Waals surface area contributed by atoms with Gasteiger partial charge in [-0.1, -0.05) is 29.5 Å². The molecular formula is C13H11N3OS. The molecule has 0 fully saturated rings. The van der Waals surface area contributed by atoms with Gasteiger partial charge in [0.2, 0.25) is 0 Å². The van der Waals surface area contributed by atoms with Crippen LogP contribution in [0.15, 0.2) is 47.8 Å². The van der Waals surface area contributed by atoms with Gasteiger partial charge in [-0.15, -0.1) is 16.4 Å². The molecule has 3 rings (SSSR count). The number of aromatic nitrogens is 3. The van der Waals surface area contributed by atoms with Crippen molar-refractivity contribution in [3.8, 4) is 16.3 Å². The maximum atomic E-state index is 9.37. The van der Waals surface area contributed by atoms with Crippen LogP contribution in [0.2, 0.25) is 0 Å². The second kappa shape index (κ2) is 4.72. The van der Waals surface area contributed by atoms with Crippen LogP contribution in [0.3, 0.4) is 0 Å². The highest BCUT2D eigenvalue weighted by Crippen LogP contribution is 2.28. The molecule has 18 heavy (non-hydrogen) atoms. The van der Waals surface area contributed by atoms with E-state index in [2.05, 4.69) is 10.3 Å². The Morgan fingerprint density at radius 2 is 1.94 bits per heavy atom. The highest BCUT2D eigenvalue weighted by molar-refractivity contribution is 7.13. The number of aliphatic hydroxyl groups excluding tert-OH is 1. The molecule has 0 radical (unpaired) electrons. The van der Waals surface area contributed by atoms with E-state index in [1.807, 2.05) is 47.8 Å². The predicted molar refractivity (Wildman–Crippen MR) is 70.6 cm³/mol. The largest absolute Gasteiger partial charge is 0.390 e. The molecule has 0 aliphatic rings. The van der Waals surface area contributed by atoms with Gasteiger partial charge in [0.15, 0.2) is 0 Å². The maximum Gasteiger partial charge on any atom is 0.117 e. The number of rotatable bonds is 3. The summed E-state index contributed by atoms with van der Waals surface area (Å²) in [6.45, 7) is -0.111. The number of nitrogens with zero attached hydrogens (tertiary/aromatic N) is 3. The summed E-state index contributed by atoms with van der Waals surface area (Å²) < 4.78 is 1.76. The van der Waals surface area contributed by atoms with E-state index < -0.39 is 0 Å². The number of hydrogen-bond donors (Lipinski definition) is 1. The zero-order valence-corrected chi connectivity index (χ0v) is 10.3. The Kier molecular flexibility index (Phi) is 2.92. The van der Waals surface area contributed by atoms with Gasteiger partial charge in [-0.2, -0.15) is 0 Å². The van der Waals surface area contributed by atoms with Crippen LogP contribution in [0.1, 0.15) is 5.69 Å². The minimum Gasteiger partial charge on any atom is -0.390 e. The summed E-state index contributed by atoms with van der Waals surface area (Å²) in [5, 5.41) is 19.5. The van der Waals surface area contributed by atoms with Crippen LogP contribution >= 0.6 is 11.3 Å². The molecule has 0 saturated carbocycles. The Morgan fingerprint density at radius 3 is 2.61 bits per heavy atom. The zero-order chi connectivity index (χ0) is 12.4. The minimum absolute atomic E-state index is 0.111. The first kappa shape index (κ1) is 11.1. The molecule has 0 amide bonds. The van der Waals surface area contributed by atoms with Crippen LogP contribution in [-0.4, -0.2) is 20.1 Å². The molecule has 0 aliphatic carbocycles. The SMILES string of the molecule is OCc1nnn(-c2ccccc2)c1-c1cccs1. The lowest BCUT2D eigenvalue weighted by molar-refractivity contribution is 0.277. The fraction of sp³-hybridized carbons (Fsp3) is 0.0769. The van der Waals surface area contributed by atoms with Crippen molar-refractivity contribution in [3.05, 3.63) is 53.5 Å². The third-order valence-electron chi connectivity index (χ3n) is 2.65. The standard InChI is InChI=1S/C13H11N3OS/c17-9-11-13(12-7-4-8-18-12)16(15-14-11)10-5-2-1-3-6-10/h1-8,17H,9H2. The van der Waals surface area contributed by atoms with E-state index in [1.165, 1.54) is 0 Å². The molecule has 2 aromatic heterocycles. The molecule has 0 atom stereocenters. The zero-order valence-electron chi connectivity index (χ0n) is 9.52. The second-order valence-corrected chi connectivity index (χ2v) is 4.72. The van der Waals surface area contributed by atoms with Gasteiger partial charge in [-0.25, -0.2) is 4.68 Å². The van der Waals surface area contributed by atoms with Crippen molar-refractivity contribution in [2.45, 2.75) is 6.61 Å². The van der Waals surface area contributed by atoms with Crippen molar-refractivity contribution in [2.24, 2.45) is 0 Å². The smallest absolute Gasteiger partial charge is 0.117 e. The van der Waals surface area contributed by atoms with Crippen LogP contribution in [0.4, 0.5) is 0 Å². The molecule has 90 valence electrons. The van der Waals surface area contributed by atoms with E-state index in [1.54, 1.807) is 16.0 Å². The molecule has 0 saturated heterocycles. The Hall–Kier alpha value is -1.98. The fourth-order valence-electron chi connectivity index (χ4n) is 1.83. The highest BCUT2D eigenvalue weighted by Gasteiger charge is 2.15. The van der Waals surface area contributed by atoms with Gasteiger partial charge in [0, 0.05) is 0 Å². The second-order valence-electron chi connectivity index (χ2n) is 3.77. The molecule has 0 bridgehead atoms. The molecule has 3 aromatic rings. The average Bonchev–Trinajstić information content (AvgIpc) is 3.08. The lowest BCUT2D eigenvalue weighted by atomic mass is 10.2. The number of benzene rings is 1. The summed E-state index contributed by atoms with van der Waals surface area (Å²) in [6.07, 6.45) is 0. The van der Waals surface area contributed by atoms with Crippen LogP contribution in [-0.2, 0) is 6.61 Å². The van der Waals surface area contributed by atoms with Crippen LogP contribution in [0, 0.1) is 0 Å². The van der Waals surface area contributed by atoms with Crippen LogP contribution in [0.5, 0.6) is 0 Å². The molecule has 0 unspecified atom stereocenters. The molecule has 1 aromatic carbocycles. The number of aliphatic hydroxyl groups is 1. The van der Waals surface area contributed by atoms with Gasteiger partial charge in [0.1, 0.15) is 11.4 Å². The predicted octanol–water partition coefficient (Wildman–Crippen LogP) is 2.49. The number of thiophene rings is 1. The van der Waals surface area contributed by atoms with Gasteiger partial charge in [-0.3, -0.25) is 0 Å². The third kappa shape index (κ3) is 1.83. The number of para-hydroxylation sites is 1. The normalized spacial score (nSPS) is 10.7. The van der Waals surface area contributed by atoms with E-state index in [9.17, 15) is 5.11 Å².